The molecule has 4 N–H and O–H groups in total. The van der Waals surface area contributed by atoms with Crippen LogP contribution in [0.4, 0.5) is 11.8 Å². The van der Waals surface area contributed by atoms with Gasteiger partial charge in [0.15, 0.2) is 0 Å². The highest BCUT2D eigenvalue weighted by Gasteiger charge is 2.21. The smallest absolute Gasteiger partial charge is 0.224 e. The molecule has 1 saturated carbocycles. The number of nitrogens with one attached hydrogen (secondary N) is 4. The zero-order chi connectivity index (χ0) is 25.1. The van der Waals surface area contributed by atoms with Crippen molar-refractivity contribution >= 4 is 11.8 Å². The topological polar surface area (TPSA) is 86.8 Å². The fourth-order valence-corrected chi connectivity index (χ4v) is 5.68. The van der Waals surface area contributed by atoms with Crippen LogP contribution in [-0.2, 0) is 19.5 Å². The maximum atomic E-state index is 4.64. The standard InChI is InChI=1S/C30H41N7/c1-2-10-24(11-3-1)31-18-8-19-33-28-15-7-13-26-23(9-6-14-27(26)28)21-36-30-34-20-16-29(37-30)35-22-25-12-4-5-17-32-25/h4-6,9,12,14,16-17,20,24,28,31,33H,1-3,7-8,10-11,13,15,18-19,21-22H2,(H2,34,35,36,37). The van der Waals surface area contributed by atoms with Crippen LogP contribution in [0.25, 0.3) is 0 Å². The van der Waals surface area contributed by atoms with Gasteiger partial charge in [-0.05, 0) is 86.5 Å². The zero-order valence-corrected chi connectivity index (χ0v) is 21.9. The molecule has 37 heavy (non-hydrogen) atoms. The van der Waals surface area contributed by atoms with Gasteiger partial charge in [-0.1, -0.05) is 43.5 Å². The quantitative estimate of drug-likeness (QED) is 0.249. The molecular formula is C30H41N7. The van der Waals surface area contributed by atoms with E-state index < -0.39 is 0 Å². The molecule has 5 rings (SSSR count). The lowest BCUT2D eigenvalue weighted by Crippen LogP contribution is -2.34. The Morgan fingerprint density at radius 3 is 2.57 bits per heavy atom. The highest BCUT2D eigenvalue weighted by Crippen LogP contribution is 2.32. The third-order valence-corrected chi connectivity index (χ3v) is 7.66. The van der Waals surface area contributed by atoms with Crippen LogP contribution in [0.1, 0.15) is 79.8 Å². The molecule has 0 bridgehead atoms. The summed E-state index contributed by atoms with van der Waals surface area (Å²) >= 11 is 0. The van der Waals surface area contributed by atoms with E-state index in [4.69, 9.17) is 0 Å². The van der Waals surface area contributed by atoms with Crippen molar-refractivity contribution in [2.24, 2.45) is 0 Å². The van der Waals surface area contributed by atoms with Crippen molar-refractivity contribution in [3.8, 4) is 0 Å². The molecule has 2 heterocycles. The van der Waals surface area contributed by atoms with Crippen molar-refractivity contribution in [2.75, 3.05) is 23.7 Å². The molecule has 0 radical (unpaired) electrons. The summed E-state index contributed by atoms with van der Waals surface area (Å²) in [6.45, 7) is 3.55. The molecule has 2 aliphatic carbocycles. The summed E-state index contributed by atoms with van der Waals surface area (Å²) in [5.74, 6) is 1.43. The number of hydrogen-bond acceptors (Lipinski definition) is 7. The van der Waals surface area contributed by atoms with Gasteiger partial charge in [0.05, 0.1) is 12.2 Å². The Balaban J connectivity index is 1.12. The first-order valence-electron chi connectivity index (χ1n) is 14.1. The van der Waals surface area contributed by atoms with Crippen LogP contribution < -0.4 is 21.3 Å². The van der Waals surface area contributed by atoms with Crippen molar-refractivity contribution in [2.45, 2.75) is 83.0 Å². The summed E-state index contributed by atoms with van der Waals surface area (Å²) in [4.78, 5) is 13.4. The predicted octanol–water partition coefficient (Wildman–Crippen LogP) is 5.38. The summed E-state index contributed by atoms with van der Waals surface area (Å²) in [7, 11) is 0. The molecule has 7 nitrogen and oxygen atoms in total. The van der Waals surface area contributed by atoms with Gasteiger partial charge in [0.1, 0.15) is 5.82 Å². The zero-order valence-electron chi connectivity index (χ0n) is 21.9. The van der Waals surface area contributed by atoms with Gasteiger partial charge in [0, 0.05) is 31.0 Å². The molecule has 2 aromatic heterocycles. The summed E-state index contributed by atoms with van der Waals surface area (Å²) < 4.78 is 0. The lowest BCUT2D eigenvalue weighted by molar-refractivity contribution is 0.367. The first-order chi connectivity index (χ1) is 18.3. The van der Waals surface area contributed by atoms with Crippen molar-refractivity contribution in [3.63, 3.8) is 0 Å². The molecule has 196 valence electrons. The number of rotatable bonds is 12. The fourth-order valence-electron chi connectivity index (χ4n) is 5.68. The van der Waals surface area contributed by atoms with Gasteiger partial charge >= 0.3 is 0 Å². The van der Waals surface area contributed by atoms with E-state index in [0.29, 0.717) is 18.5 Å². The van der Waals surface area contributed by atoms with Crippen LogP contribution in [0.3, 0.4) is 0 Å². The third kappa shape index (κ3) is 7.49. The Labute approximate surface area is 221 Å². The van der Waals surface area contributed by atoms with Gasteiger partial charge < -0.3 is 21.3 Å². The average molecular weight is 500 g/mol. The highest BCUT2D eigenvalue weighted by atomic mass is 15.1. The summed E-state index contributed by atoms with van der Waals surface area (Å²) in [5, 5.41) is 14.4. The molecule has 7 heteroatoms. The number of anilines is 2. The molecule has 0 spiro atoms. The fraction of sp³-hybridized carbons (Fsp3) is 0.500. The van der Waals surface area contributed by atoms with E-state index in [1.165, 1.54) is 68.1 Å². The molecule has 1 atom stereocenters. The monoisotopic (exact) mass is 499 g/mol. The van der Waals surface area contributed by atoms with E-state index in [1.54, 1.807) is 12.4 Å². The second kappa shape index (κ2) is 13.5. The first kappa shape index (κ1) is 25.6. The summed E-state index contributed by atoms with van der Waals surface area (Å²) in [5.41, 5.74) is 5.29. The maximum Gasteiger partial charge on any atom is 0.224 e. The minimum Gasteiger partial charge on any atom is -0.364 e. The second-order valence-electron chi connectivity index (χ2n) is 10.3. The molecular weight excluding hydrogens is 458 g/mol. The van der Waals surface area contributed by atoms with Gasteiger partial charge in [-0.2, -0.15) is 4.98 Å². The minimum absolute atomic E-state index is 0.453. The van der Waals surface area contributed by atoms with Crippen LogP contribution >= 0.6 is 0 Å². The number of aromatic nitrogens is 3. The van der Waals surface area contributed by atoms with Crippen molar-refractivity contribution in [1.29, 1.82) is 0 Å². The lowest BCUT2D eigenvalue weighted by Gasteiger charge is -2.29. The molecule has 1 fully saturated rings. The largest absolute Gasteiger partial charge is 0.364 e. The van der Waals surface area contributed by atoms with Gasteiger partial charge in [-0.25, -0.2) is 4.98 Å². The van der Waals surface area contributed by atoms with E-state index in [1.807, 2.05) is 24.3 Å². The normalized spacial score (nSPS) is 17.8. The maximum absolute atomic E-state index is 4.64. The van der Waals surface area contributed by atoms with Gasteiger partial charge in [0.2, 0.25) is 5.95 Å². The summed E-state index contributed by atoms with van der Waals surface area (Å²) in [6, 6.07) is 15.8. The van der Waals surface area contributed by atoms with Crippen molar-refractivity contribution < 1.29 is 0 Å². The number of nitrogens with zero attached hydrogens (tertiary/aromatic N) is 3. The predicted molar refractivity (Wildman–Crippen MR) is 151 cm³/mol. The van der Waals surface area contributed by atoms with Crippen LogP contribution in [0.15, 0.2) is 54.9 Å². The summed E-state index contributed by atoms with van der Waals surface area (Å²) in [6.07, 6.45) is 15.3. The molecule has 1 unspecified atom stereocenters. The van der Waals surface area contributed by atoms with Crippen LogP contribution in [0, 0.1) is 0 Å². The van der Waals surface area contributed by atoms with E-state index in [2.05, 4.69) is 54.4 Å². The Hall–Kier alpha value is -3.03. The molecule has 1 aromatic carbocycles. The van der Waals surface area contributed by atoms with Crippen LogP contribution in [-0.4, -0.2) is 34.1 Å². The lowest BCUT2D eigenvalue weighted by atomic mass is 9.84. The van der Waals surface area contributed by atoms with E-state index >= 15 is 0 Å². The van der Waals surface area contributed by atoms with Crippen LogP contribution in [0.2, 0.25) is 0 Å². The number of hydrogen-bond donors (Lipinski definition) is 4. The van der Waals surface area contributed by atoms with E-state index in [0.717, 1.165) is 43.6 Å². The number of fused-ring (bicyclic) bond motifs is 1. The van der Waals surface area contributed by atoms with Crippen LogP contribution in [0.5, 0.6) is 0 Å². The number of pyridine rings is 1. The van der Waals surface area contributed by atoms with E-state index in [9.17, 15) is 0 Å². The van der Waals surface area contributed by atoms with Gasteiger partial charge in [-0.3, -0.25) is 4.98 Å². The molecule has 0 amide bonds. The minimum atomic E-state index is 0.453. The Bertz CT molecular complexity index is 1100. The molecule has 0 saturated heterocycles. The Morgan fingerprint density at radius 2 is 1.68 bits per heavy atom. The molecule has 3 aromatic rings. The molecule has 0 aliphatic heterocycles. The highest BCUT2D eigenvalue weighted by molar-refractivity contribution is 5.43. The SMILES string of the molecule is c1ccc(CNc2ccnc(NCc3cccc4c3CCCC4NCCCNC3CCCCC3)n2)nc1. The second-order valence-corrected chi connectivity index (χ2v) is 10.3. The van der Waals surface area contributed by atoms with Gasteiger partial charge in [0.25, 0.3) is 0 Å². The van der Waals surface area contributed by atoms with E-state index in [-0.39, 0.29) is 0 Å². The van der Waals surface area contributed by atoms with Gasteiger partial charge in [-0.15, -0.1) is 0 Å². The van der Waals surface area contributed by atoms with Crippen molar-refractivity contribution in [1.82, 2.24) is 25.6 Å². The third-order valence-electron chi connectivity index (χ3n) is 7.66. The molecule has 2 aliphatic rings. The number of benzene rings is 1. The Morgan fingerprint density at radius 1 is 0.757 bits per heavy atom. The van der Waals surface area contributed by atoms with Crippen molar-refractivity contribution in [3.05, 3.63) is 77.2 Å². The Kier molecular flexibility index (Phi) is 9.34. The first-order valence-corrected chi connectivity index (χ1v) is 14.1. The average Bonchev–Trinajstić information content (AvgIpc) is 2.96.